The van der Waals surface area contributed by atoms with Gasteiger partial charge < -0.3 is 20.4 Å². The Morgan fingerprint density at radius 1 is 1.26 bits per heavy atom. The van der Waals surface area contributed by atoms with E-state index in [0.29, 0.717) is 6.04 Å². The Bertz CT molecular complexity index is 402. The van der Waals surface area contributed by atoms with Crippen LogP contribution < -0.4 is 5.32 Å². The maximum absolute atomic E-state index is 9.51. The predicted octanol–water partition coefficient (Wildman–Crippen LogP) is 2.23. The molecule has 0 spiro atoms. The molecule has 0 amide bonds. The van der Waals surface area contributed by atoms with Crippen molar-refractivity contribution < 1.29 is 10.2 Å². The van der Waals surface area contributed by atoms with Crippen molar-refractivity contribution in [3.8, 4) is 11.5 Å². The maximum Gasteiger partial charge on any atom is 0.119 e. The van der Waals surface area contributed by atoms with E-state index in [-0.39, 0.29) is 17.5 Å². The van der Waals surface area contributed by atoms with E-state index in [2.05, 4.69) is 24.2 Å². The highest BCUT2D eigenvalue weighted by Gasteiger charge is 2.19. The molecule has 1 aliphatic rings. The number of hydrogen-bond donors (Lipinski definition) is 3. The first kappa shape index (κ1) is 14.2. The molecule has 2 unspecified atom stereocenters. The Balaban J connectivity index is 1.91. The van der Waals surface area contributed by atoms with Gasteiger partial charge in [0.15, 0.2) is 0 Å². The van der Waals surface area contributed by atoms with Gasteiger partial charge in [-0.2, -0.15) is 0 Å². The van der Waals surface area contributed by atoms with Crippen molar-refractivity contribution in [1.29, 1.82) is 0 Å². The first-order chi connectivity index (χ1) is 9.06. The summed E-state index contributed by atoms with van der Waals surface area (Å²) in [6.45, 7) is 4.17. The van der Waals surface area contributed by atoms with Gasteiger partial charge in [0.25, 0.3) is 0 Å². The Morgan fingerprint density at radius 2 is 1.95 bits per heavy atom. The van der Waals surface area contributed by atoms with Gasteiger partial charge in [0.05, 0.1) is 0 Å². The number of aromatic hydroxyl groups is 2. The molecule has 2 rings (SSSR count). The molecule has 0 radical (unpaired) electrons. The first-order valence-electron chi connectivity index (χ1n) is 7.03. The summed E-state index contributed by atoms with van der Waals surface area (Å²) < 4.78 is 0. The molecule has 19 heavy (non-hydrogen) atoms. The number of hydrogen-bond acceptors (Lipinski definition) is 4. The average Bonchev–Trinajstić information content (AvgIpc) is 2.36. The van der Waals surface area contributed by atoms with E-state index >= 15 is 0 Å². The van der Waals surface area contributed by atoms with Crippen LogP contribution in [-0.2, 0) is 0 Å². The molecule has 4 nitrogen and oxygen atoms in total. The summed E-state index contributed by atoms with van der Waals surface area (Å²) in [7, 11) is 2.18. The van der Waals surface area contributed by atoms with E-state index in [1.165, 1.54) is 31.9 Å². The number of likely N-dealkylation sites (N-methyl/N-ethyl adjacent to an activating group) is 1. The molecule has 4 heteroatoms. The topological polar surface area (TPSA) is 55.7 Å². The van der Waals surface area contributed by atoms with Gasteiger partial charge >= 0.3 is 0 Å². The van der Waals surface area contributed by atoms with Gasteiger partial charge in [-0.25, -0.2) is 0 Å². The molecule has 1 heterocycles. The minimum Gasteiger partial charge on any atom is -0.508 e. The molecule has 3 N–H and O–H groups in total. The van der Waals surface area contributed by atoms with Crippen molar-refractivity contribution in [2.45, 2.75) is 38.3 Å². The van der Waals surface area contributed by atoms with Crippen molar-refractivity contribution in [2.24, 2.45) is 0 Å². The smallest absolute Gasteiger partial charge is 0.119 e. The molecule has 1 aromatic rings. The minimum absolute atomic E-state index is 0.110. The summed E-state index contributed by atoms with van der Waals surface area (Å²) >= 11 is 0. The van der Waals surface area contributed by atoms with Crippen LogP contribution in [0.3, 0.4) is 0 Å². The van der Waals surface area contributed by atoms with Crippen LogP contribution in [0.5, 0.6) is 11.5 Å². The number of rotatable bonds is 4. The van der Waals surface area contributed by atoms with Crippen molar-refractivity contribution in [1.82, 2.24) is 10.2 Å². The number of likely N-dealkylation sites (tertiary alicyclic amines) is 1. The molecule has 0 saturated carbocycles. The van der Waals surface area contributed by atoms with Crippen LogP contribution in [0, 0.1) is 0 Å². The van der Waals surface area contributed by atoms with Crippen LogP contribution >= 0.6 is 0 Å². The lowest BCUT2D eigenvalue weighted by molar-refractivity contribution is 0.178. The molecular weight excluding hydrogens is 240 g/mol. The summed E-state index contributed by atoms with van der Waals surface area (Å²) in [5, 5.41) is 22.5. The summed E-state index contributed by atoms with van der Waals surface area (Å²) in [5.74, 6) is 0.219. The molecule has 0 aliphatic carbocycles. The Labute approximate surface area is 115 Å². The molecular formula is C15H24N2O2. The summed E-state index contributed by atoms with van der Waals surface area (Å²) in [4.78, 5) is 2.41. The van der Waals surface area contributed by atoms with Gasteiger partial charge in [-0.05, 0) is 51.1 Å². The quantitative estimate of drug-likeness (QED) is 0.780. The molecule has 0 bridgehead atoms. The van der Waals surface area contributed by atoms with Crippen molar-refractivity contribution >= 4 is 0 Å². The Hall–Kier alpha value is -1.26. The monoisotopic (exact) mass is 264 g/mol. The van der Waals surface area contributed by atoms with Gasteiger partial charge in [-0.1, -0.05) is 6.42 Å². The minimum atomic E-state index is 0.110. The average molecular weight is 264 g/mol. The highest BCUT2D eigenvalue weighted by Crippen LogP contribution is 2.25. The normalized spacial score (nSPS) is 22.3. The highest BCUT2D eigenvalue weighted by molar-refractivity contribution is 5.37. The Kier molecular flexibility index (Phi) is 4.66. The van der Waals surface area contributed by atoms with E-state index in [4.69, 9.17) is 0 Å². The number of phenolic OH excluding ortho intramolecular Hbond substituents is 2. The molecule has 1 fully saturated rings. The van der Waals surface area contributed by atoms with Gasteiger partial charge in [-0.3, -0.25) is 0 Å². The second kappa shape index (κ2) is 6.26. The number of nitrogens with zero attached hydrogens (tertiary/aromatic N) is 1. The molecule has 1 aromatic carbocycles. The molecule has 2 atom stereocenters. The highest BCUT2D eigenvalue weighted by atomic mass is 16.3. The third-order valence-corrected chi connectivity index (χ3v) is 4.01. The molecule has 0 aromatic heterocycles. The largest absolute Gasteiger partial charge is 0.508 e. The fraction of sp³-hybridized carbons (Fsp3) is 0.600. The van der Waals surface area contributed by atoms with Gasteiger partial charge in [0.1, 0.15) is 11.5 Å². The second-order valence-corrected chi connectivity index (χ2v) is 5.54. The lowest BCUT2D eigenvalue weighted by atomic mass is 10.0. The zero-order valence-electron chi connectivity index (χ0n) is 11.8. The summed E-state index contributed by atoms with van der Waals surface area (Å²) in [5.41, 5.74) is 0.913. The van der Waals surface area contributed by atoms with E-state index in [1.807, 2.05) is 0 Å². The fourth-order valence-electron chi connectivity index (χ4n) is 2.70. The fourth-order valence-corrected chi connectivity index (χ4v) is 2.70. The SMILES string of the molecule is CC(NCC1CCCCN1C)c1cc(O)cc(O)c1. The van der Waals surface area contributed by atoms with Crippen molar-refractivity contribution in [2.75, 3.05) is 20.1 Å². The zero-order valence-corrected chi connectivity index (χ0v) is 11.8. The first-order valence-corrected chi connectivity index (χ1v) is 7.03. The number of benzene rings is 1. The standard InChI is InChI=1S/C15H24N2O2/c1-11(12-7-14(18)9-15(19)8-12)16-10-13-5-3-4-6-17(13)2/h7-9,11,13,16,18-19H,3-6,10H2,1-2H3. The molecule has 1 saturated heterocycles. The van der Waals surface area contributed by atoms with Crippen LogP contribution in [0.15, 0.2) is 18.2 Å². The van der Waals surface area contributed by atoms with Gasteiger partial charge in [0.2, 0.25) is 0 Å². The third-order valence-electron chi connectivity index (χ3n) is 4.01. The van der Waals surface area contributed by atoms with E-state index in [9.17, 15) is 10.2 Å². The number of nitrogens with one attached hydrogen (secondary N) is 1. The van der Waals surface area contributed by atoms with Gasteiger partial charge in [0, 0.05) is 24.7 Å². The zero-order chi connectivity index (χ0) is 13.8. The van der Waals surface area contributed by atoms with Crippen LogP contribution in [0.25, 0.3) is 0 Å². The van der Waals surface area contributed by atoms with Crippen LogP contribution in [0.1, 0.15) is 37.8 Å². The summed E-state index contributed by atoms with van der Waals surface area (Å²) in [6, 6.07) is 5.45. The van der Waals surface area contributed by atoms with Gasteiger partial charge in [-0.15, -0.1) is 0 Å². The summed E-state index contributed by atoms with van der Waals surface area (Å²) in [6.07, 6.45) is 3.84. The third kappa shape index (κ3) is 3.85. The molecule has 106 valence electrons. The van der Waals surface area contributed by atoms with Crippen LogP contribution in [0.4, 0.5) is 0 Å². The lowest BCUT2D eigenvalue weighted by Crippen LogP contribution is -2.43. The maximum atomic E-state index is 9.51. The Morgan fingerprint density at radius 3 is 2.58 bits per heavy atom. The molecule has 1 aliphatic heterocycles. The number of phenols is 2. The predicted molar refractivity (Wildman–Crippen MR) is 76.5 cm³/mol. The van der Waals surface area contributed by atoms with E-state index in [1.54, 1.807) is 12.1 Å². The van der Waals surface area contributed by atoms with E-state index in [0.717, 1.165) is 12.1 Å². The van der Waals surface area contributed by atoms with Crippen molar-refractivity contribution in [3.63, 3.8) is 0 Å². The second-order valence-electron chi connectivity index (χ2n) is 5.54. The number of piperidine rings is 1. The van der Waals surface area contributed by atoms with Crippen molar-refractivity contribution in [3.05, 3.63) is 23.8 Å². The van der Waals surface area contributed by atoms with Crippen LogP contribution in [0.2, 0.25) is 0 Å². The van der Waals surface area contributed by atoms with E-state index < -0.39 is 0 Å². The van der Waals surface area contributed by atoms with Crippen LogP contribution in [-0.4, -0.2) is 41.3 Å². The lowest BCUT2D eigenvalue weighted by Gasteiger charge is -2.33.